The number of nitrogens with two attached hydrogens (primary N) is 1. The minimum Gasteiger partial charge on any atom is -0.495 e. The molecule has 0 aromatic heterocycles. The number of aryl methyl sites for hydroxylation is 1. The highest BCUT2D eigenvalue weighted by Gasteiger charge is 2.02. The zero-order chi connectivity index (χ0) is 10.6. The van der Waals surface area contributed by atoms with Crippen molar-refractivity contribution in [3.05, 3.63) is 28.8 Å². The summed E-state index contributed by atoms with van der Waals surface area (Å²) in [6.07, 6.45) is 1.93. The lowest BCUT2D eigenvalue weighted by atomic mass is 10.1. The highest BCUT2D eigenvalue weighted by molar-refractivity contribution is 6.32. The lowest BCUT2D eigenvalue weighted by Crippen LogP contribution is -2.15. The highest BCUT2D eigenvalue weighted by Crippen LogP contribution is 2.25. The van der Waals surface area contributed by atoms with E-state index in [9.17, 15) is 0 Å². The maximum Gasteiger partial charge on any atom is 0.137 e. The van der Waals surface area contributed by atoms with Crippen molar-refractivity contribution in [3.63, 3.8) is 0 Å². The predicted molar refractivity (Wildman–Crippen MR) is 60.0 cm³/mol. The van der Waals surface area contributed by atoms with E-state index in [0.717, 1.165) is 18.6 Å². The molecule has 3 heteroatoms. The van der Waals surface area contributed by atoms with Crippen LogP contribution < -0.4 is 10.5 Å². The van der Waals surface area contributed by atoms with Crippen LogP contribution in [0.4, 0.5) is 0 Å². The van der Waals surface area contributed by atoms with Crippen LogP contribution in [0, 0.1) is 0 Å². The Morgan fingerprint density at radius 3 is 2.71 bits per heavy atom. The Hall–Kier alpha value is -0.730. The van der Waals surface area contributed by atoms with Crippen molar-refractivity contribution in [2.24, 2.45) is 5.73 Å². The van der Waals surface area contributed by atoms with Crippen molar-refractivity contribution in [1.29, 1.82) is 0 Å². The fraction of sp³-hybridized carbons (Fsp3) is 0.455. The summed E-state index contributed by atoms with van der Waals surface area (Å²) in [5, 5.41) is 0.662. The monoisotopic (exact) mass is 213 g/mol. The molecule has 0 aliphatic carbocycles. The van der Waals surface area contributed by atoms with Gasteiger partial charge < -0.3 is 10.5 Å². The fourth-order valence-corrected chi connectivity index (χ4v) is 1.54. The van der Waals surface area contributed by atoms with Crippen LogP contribution in [0.25, 0.3) is 0 Å². The van der Waals surface area contributed by atoms with Gasteiger partial charge >= 0.3 is 0 Å². The van der Waals surface area contributed by atoms with Crippen molar-refractivity contribution in [2.45, 2.75) is 25.8 Å². The Balaban J connectivity index is 2.66. The van der Waals surface area contributed by atoms with Crippen molar-refractivity contribution < 1.29 is 4.74 Å². The van der Waals surface area contributed by atoms with Crippen LogP contribution in [0.5, 0.6) is 5.75 Å². The second kappa shape index (κ2) is 5.23. The van der Waals surface area contributed by atoms with Crippen LogP contribution in [0.1, 0.15) is 18.9 Å². The first-order valence-electron chi connectivity index (χ1n) is 4.71. The van der Waals surface area contributed by atoms with Gasteiger partial charge in [0.15, 0.2) is 0 Å². The van der Waals surface area contributed by atoms with Crippen LogP contribution in [-0.4, -0.2) is 13.2 Å². The summed E-state index contributed by atoms with van der Waals surface area (Å²) in [5.41, 5.74) is 6.88. The summed E-state index contributed by atoms with van der Waals surface area (Å²) < 4.78 is 5.07. The Morgan fingerprint density at radius 1 is 1.50 bits per heavy atom. The molecule has 0 radical (unpaired) electrons. The second-order valence-electron chi connectivity index (χ2n) is 3.48. The molecule has 0 aliphatic rings. The fourth-order valence-electron chi connectivity index (χ4n) is 1.26. The first kappa shape index (κ1) is 11.3. The molecule has 78 valence electrons. The number of hydrogen-bond donors (Lipinski definition) is 1. The number of methoxy groups -OCH3 is 1. The number of ether oxygens (including phenoxy) is 1. The van der Waals surface area contributed by atoms with Gasteiger partial charge in [-0.1, -0.05) is 17.7 Å². The van der Waals surface area contributed by atoms with E-state index in [0.29, 0.717) is 5.02 Å². The van der Waals surface area contributed by atoms with E-state index >= 15 is 0 Å². The molecule has 1 aromatic carbocycles. The lowest BCUT2D eigenvalue weighted by molar-refractivity contribution is 0.415. The molecule has 1 unspecified atom stereocenters. The Kier molecular flexibility index (Phi) is 4.23. The summed E-state index contributed by atoms with van der Waals surface area (Å²) in [6, 6.07) is 6.07. The average Bonchev–Trinajstić information content (AvgIpc) is 2.15. The molecule has 0 saturated carbocycles. The van der Waals surface area contributed by atoms with E-state index in [1.807, 2.05) is 25.1 Å². The normalized spacial score (nSPS) is 12.6. The maximum absolute atomic E-state index is 5.99. The van der Waals surface area contributed by atoms with E-state index < -0.39 is 0 Å². The second-order valence-corrected chi connectivity index (χ2v) is 3.89. The van der Waals surface area contributed by atoms with Gasteiger partial charge in [-0.05, 0) is 37.5 Å². The summed E-state index contributed by atoms with van der Waals surface area (Å²) in [7, 11) is 1.61. The highest BCUT2D eigenvalue weighted by atomic mass is 35.5. The molecule has 0 amide bonds. The van der Waals surface area contributed by atoms with Gasteiger partial charge in [0.25, 0.3) is 0 Å². The van der Waals surface area contributed by atoms with Crippen molar-refractivity contribution >= 4 is 11.6 Å². The SMILES string of the molecule is COc1ccc(CCC(C)N)cc1Cl. The van der Waals surface area contributed by atoms with Crippen molar-refractivity contribution in [3.8, 4) is 5.75 Å². The number of halogens is 1. The average molecular weight is 214 g/mol. The van der Waals surface area contributed by atoms with Crippen molar-refractivity contribution in [1.82, 2.24) is 0 Å². The molecule has 0 heterocycles. The van der Waals surface area contributed by atoms with Crippen LogP contribution in [0.3, 0.4) is 0 Å². The molecule has 2 nitrogen and oxygen atoms in total. The number of rotatable bonds is 4. The first-order chi connectivity index (χ1) is 6.63. The molecule has 1 rings (SSSR count). The Labute approximate surface area is 90.0 Å². The van der Waals surface area contributed by atoms with Crippen molar-refractivity contribution in [2.75, 3.05) is 7.11 Å². The predicted octanol–water partition coefficient (Wildman–Crippen LogP) is 2.63. The van der Waals surface area contributed by atoms with Gasteiger partial charge in [0.1, 0.15) is 5.75 Å². The zero-order valence-electron chi connectivity index (χ0n) is 8.59. The first-order valence-corrected chi connectivity index (χ1v) is 5.09. The number of benzene rings is 1. The lowest BCUT2D eigenvalue weighted by Gasteiger charge is -2.07. The van der Waals surface area contributed by atoms with Crippen LogP contribution in [0.15, 0.2) is 18.2 Å². The largest absolute Gasteiger partial charge is 0.495 e. The minimum atomic E-state index is 0.232. The standard InChI is InChI=1S/C11H16ClNO/c1-8(13)3-4-9-5-6-11(14-2)10(12)7-9/h5-8H,3-4,13H2,1-2H3. The summed E-state index contributed by atoms with van der Waals surface area (Å²) in [6.45, 7) is 2.01. The maximum atomic E-state index is 5.99. The van der Waals surface area contributed by atoms with Gasteiger partial charge in [-0.25, -0.2) is 0 Å². The number of hydrogen-bond acceptors (Lipinski definition) is 2. The molecule has 0 fully saturated rings. The molecule has 0 aliphatic heterocycles. The Bertz CT molecular complexity index is 299. The van der Waals surface area contributed by atoms with Gasteiger partial charge in [0.2, 0.25) is 0 Å². The third kappa shape index (κ3) is 3.20. The zero-order valence-corrected chi connectivity index (χ0v) is 9.34. The molecule has 14 heavy (non-hydrogen) atoms. The van der Waals surface area contributed by atoms with E-state index in [1.54, 1.807) is 7.11 Å². The minimum absolute atomic E-state index is 0.232. The summed E-state index contributed by atoms with van der Waals surface area (Å²) in [5.74, 6) is 0.719. The van der Waals surface area contributed by atoms with E-state index in [4.69, 9.17) is 22.1 Å². The topological polar surface area (TPSA) is 35.2 Å². The molecule has 0 bridgehead atoms. The van der Waals surface area contributed by atoms with Gasteiger partial charge in [-0.3, -0.25) is 0 Å². The molecule has 1 atom stereocenters. The summed E-state index contributed by atoms with van der Waals surface area (Å²) >= 11 is 5.99. The Morgan fingerprint density at radius 2 is 2.21 bits per heavy atom. The van der Waals surface area contributed by atoms with Crippen LogP contribution in [0.2, 0.25) is 5.02 Å². The third-order valence-corrected chi connectivity index (χ3v) is 2.40. The molecule has 2 N–H and O–H groups in total. The molecular weight excluding hydrogens is 198 g/mol. The quantitative estimate of drug-likeness (QED) is 0.835. The van der Waals surface area contributed by atoms with E-state index in [2.05, 4.69) is 0 Å². The van der Waals surface area contributed by atoms with Crippen LogP contribution in [-0.2, 0) is 6.42 Å². The molecule has 0 saturated heterocycles. The van der Waals surface area contributed by atoms with E-state index in [1.165, 1.54) is 5.56 Å². The third-order valence-electron chi connectivity index (χ3n) is 2.10. The van der Waals surface area contributed by atoms with Gasteiger partial charge in [-0.15, -0.1) is 0 Å². The molecule has 0 spiro atoms. The molecular formula is C11H16ClNO. The van der Waals surface area contributed by atoms with E-state index in [-0.39, 0.29) is 6.04 Å². The molecule has 1 aromatic rings. The summed E-state index contributed by atoms with van der Waals surface area (Å²) in [4.78, 5) is 0. The smallest absolute Gasteiger partial charge is 0.137 e. The van der Waals surface area contributed by atoms with Gasteiger partial charge in [-0.2, -0.15) is 0 Å². The van der Waals surface area contributed by atoms with Crippen LogP contribution >= 0.6 is 11.6 Å². The van der Waals surface area contributed by atoms with Gasteiger partial charge in [0.05, 0.1) is 12.1 Å². The van der Waals surface area contributed by atoms with Gasteiger partial charge in [0, 0.05) is 6.04 Å².